The zero-order valence-electron chi connectivity index (χ0n) is 14.2. The molecule has 0 spiro atoms. The fourth-order valence-corrected chi connectivity index (χ4v) is 4.60. The fourth-order valence-electron chi connectivity index (χ4n) is 4.60. The SMILES string of the molecule is [O]C1(C2CCCCCCCCC2)CCCCCCCCC1. The molecule has 0 aliphatic heterocycles. The second-order valence-corrected chi connectivity index (χ2v) is 7.79. The largest absolute Gasteiger partial charge is 0.229 e. The first-order chi connectivity index (χ1) is 10.3. The van der Waals surface area contributed by atoms with Crippen LogP contribution in [0, 0.1) is 5.92 Å². The summed E-state index contributed by atoms with van der Waals surface area (Å²) < 4.78 is 0. The highest BCUT2D eigenvalue weighted by Crippen LogP contribution is 2.38. The van der Waals surface area contributed by atoms with Gasteiger partial charge in [0.05, 0.1) is 0 Å². The Morgan fingerprint density at radius 3 is 1.24 bits per heavy atom. The lowest BCUT2D eigenvalue weighted by Crippen LogP contribution is -2.37. The second kappa shape index (κ2) is 9.87. The van der Waals surface area contributed by atoms with E-state index in [4.69, 9.17) is 0 Å². The monoisotopic (exact) mass is 293 g/mol. The van der Waals surface area contributed by atoms with Crippen LogP contribution in [-0.2, 0) is 5.11 Å². The van der Waals surface area contributed by atoms with E-state index in [1.165, 1.54) is 103 Å². The molecule has 0 aromatic heterocycles. The third-order valence-electron chi connectivity index (χ3n) is 6.05. The predicted octanol–water partition coefficient (Wildman–Crippen LogP) is 6.82. The average molecular weight is 294 g/mol. The number of rotatable bonds is 1. The van der Waals surface area contributed by atoms with Gasteiger partial charge in [0.15, 0.2) is 0 Å². The van der Waals surface area contributed by atoms with E-state index in [2.05, 4.69) is 0 Å². The van der Waals surface area contributed by atoms with Crippen molar-refractivity contribution in [2.45, 2.75) is 121 Å². The van der Waals surface area contributed by atoms with Crippen LogP contribution in [0.5, 0.6) is 0 Å². The molecule has 1 nitrogen and oxygen atoms in total. The molecular formula is C20H37O. The van der Waals surface area contributed by atoms with Gasteiger partial charge in [-0.2, -0.15) is 0 Å². The van der Waals surface area contributed by atoms with Gasteiger partial charge in [-0.1, -0.05) is 89.9 Å². The smallest absolute Gasteiger partial charge is 0.106 e. The van der Waals surface area contributed by atoms with E-state index in [1.54, 1.807) is 0 Å². The van der Waals surface area contributed by atoms with Crippen LogP contribution >= 0.6 is 0 Å². The first-order valence-electron chi connectivity index (χ1n) is 10.0. The van der Waals surface area contributed by atoms with Gasteiger partial charge in [-0.05, 0) is 31.6 Å². The van der Waals surface area contributed by atoms with Gasteiger partial charge in [-0.15, -0.1) is 0 Å². The number of hydrogen-bond acceptors (Lipinski definition) is 0. The highest BCUT2D eigenvalue weighted by molar-refractivity contribution is 4.87. The molecule has 2 saturated carbocycles. The third-order valence-corrected chi connectivity index (χ3v) is 6.05. The molecule has 1 radical (unpaired) electrons. The summed E-state index contributed by atoms with van der Waals surface area (Å²) in [6.07, 6.45) is 23.1. The van der Waals surface area contributed by atoms with Crippen LogP contribution in [-0.4, -0.2) is 5.60 Å². The van der Waals surface area contributed by atoms with Crippen LogP contribution in [0.25, 0.3) is 0 Å². The highest BCUT2D eigenvalue weighted by atomic mass is 16.3. The molecule has 0 amide bonds. The molecule has 0 heterocycles. The maximum Gasteiger partial charge on any atom is 0.106 e. The Bertz CT molecular complexity index is 241. The van der Waals surface area contributed by atoms with Crippen LogP contribution in [0.2, 0.25) is 0 Å². The van der Waals surface area contributed by atoms with Crippen molar-refractivity contribution in [2.75, 3.05) is 0 Å². The molecule has 0 N–H and O–H groups in total. The fraction of sp³-hybridized carbons (Fsp3) is 1.00. The summed E-state index contributed by atoms with van der Waals surface area (Å²) in [7, 11) is 0. The predicted molar refractivity (Wildman–Crippen MR) is 90.0 cm³/mol. The molecule has 0 saturated heterocycles. The van der Waals surface area contributed by atoms with Crippen molar-refractivity contribution >= 4 is 0 Å². The maximum atomic E-state index is 13.6. The molecule has 123 valence electrons. The van der Waals surface area contributed by atoms with Crippen LogP contribution in [0.4, 0.5) is 0 Å². The molecule has 0 aromatic rings. The Morgan fingerprint density at radius 2 is 0.810 bits per heavy atom. The third kappa shape index (κ3) is 6.30. The molecular weight excluding hydrogens is 256 g/mol. The summed E-state index contributed by atoms with van der Waals surface area (Å²) in [5.74, 6) is 0.482. The molecule has 21 heavy (non-hydrogen) atoms. The lowest BCUT2D eigenvalue weighted by molar-refractivity contribution is -0.100. The Labute approximate surface area is 132 Å². The van der Waals surface area contributed by atoms with E-state index in [-0.39, 0.29) is 0 Å². The summed E-state index contributed by atoms with van der Waals surface area (Å²) in [6, 6.07) is 0. The first kappa shape index (κ1) is 17.3. The van der Waals surface area contributed by atoms with Crippen molar-refractivity contribution in [1.29, 1.82) is 0 Å². The zero-order valence-corrected chi connectivity index (χ0v) is 14.2. The summed E-state index contributed by atoms with van der Waals surface area (Å²) in [5, 5.41) is 13.6. The average Bonchev–Trinajstić information content (AvgIpc) is 2.51. The minimum Gasteiger partial charge on any atom is -0.229 e. The molecule has 2 rings (SSSR count). The van der Waals surface area contributed by atoms with Crippen molar-refractivity contribution in [1.82, 2.24) is 0 Å². The molecule has 2 aliphatic carbocycles. The Hall–Kier alpha value is -0.0400. The van der Waals surface area contributed by atoms with Crippen LogP contribution in [0.15, 0.2) is 0 Å². The minimum absolute atomic E-state index is 0.482. The van der Waals surface area contributed by atoms with E-state index >= 15 is 0 Å². The van der Waals surface area contributed by atoms with Gasteiger partial charge >= 0.3 is 0 Å². The molecule has 0 aromatic carbocycles. The molecule has 0 unspecified atom stereocenters. The van der Waals surface area contributed by atoms with E-state index in [1.807, 2.05) is 0 Å². The topological polar surface area (TPSA) is 19.9 Å². The lowest BCUT2D eigenvalue weighted by atomic mass is 9.73. The summed E-state index contributed by atoms with van der Waals surface area (Å²) in [4.78, 5) is 0. The quantitative estimate of drug-likeness (QED) is 0.505. The van der Waals surface area contributed by atoms with Crippen LogP contribution in [0.1, 0.15) is 116 Å². The van der Waals surface area contributed by atoms with Crippen molar-refractivity contribution in [3.05, 3.63) is 0 Å². The molecule has 0 atom stereocenters. The van der Waals surface area contributed by atoms with E-state index < -0.39 is 5.60 Å². The minimum atomic E-state index is -0.573. The van der Waals surface area contributed by atoms with Gasteiger partial charge in [0.1, 0.15) is 5.60 Å². The summed E-state index contributed by atoms with van der Waals surface area (Å²) in [5.41, 5.74) is -0.573. The van der Waals surface area contributed by atoms with Crippen molar-refractivity contribution in [3.63, 3.8) is 0 Å². The van der Waals surface area contributed by atoms with Crippen molar-refractivity contribution in [2.24, 2.45) is 5.92 Å². The van der Waals surface area contributed by atoms with Gasteiger partial charge in [0.2, 0.25) is 0 Å². The standard InChI is InChI=1S/C20H37O/c21-20(17-13-9-5-2-6-10-14-18-20)19-15-11-7-3-1-4-8-12-16-19/h19H,1-18H2. The molecule has 2 fully saturated rings. The van der Waals surface area contributed by atoms with E-state index in [9.17, 15) is 5.11 Å². The van der Waals surface area contributed by atoms with Crippen molar-refractivity contribution in [3.8, 4) is 0 Å². The summed E-state index contributed by atoms with van der Waals surface area (Å²) in [6.45, 7) is 0. The zero-order chi connectivity index (χ0) is 14.8. The van der Waals surface area contributed by atoms with Crippen molar-refractivity contribution < 1.29 is 5.11 Å². The first-order valence-corrected chi connectivity index (χ1v) is 10.0. The van der Waals surface area contributed by atoms with Crippen LogP contribution < -0.4 is 0 Å². The van der Waals surface area contributed by atoms with Gasteiger partial charge in [-0.3, -0.25) is 0 Å². The summed E-state index contributed by atoms with van der Waals surface area (Å²) >= 11 is 0. The molecule has 2 aliphatic rings. The van der Waals surface area contributed by atoms with Gasteiger partial charge < -0.3 is 0 Å². The lowest BCUT2D eigenvalue weighted by Gasteiger charge is -2.36. The second-order valence-electron chi connectivity index (χ2n) is 7.79. The van der Waals surface area contributed by atoms with E-state index in [0.717, 1.165) is 12.8 Å². The van der Waals surface area contributed by atoms with E-state index in [0.29, 0.717) is 5.92 Å². The normalized spacial score (nSPS) is 27.9. The molecule has 1 heteroatoms. The van der Waals surface area contributed by atoms with Crippen LogP contribution in [0.3, 0.4) is 0 Å². The Kier molecular flexibility index (Phi) is 8.14. The van der Waals surface area contributed by atoms with Gasteiger partial charge in [-0.25, -0.2) is 5.11 Å². The maximum absolute atomic E-state index is 13.6. The van der Waals surface area contributed by atoms with Gasteiger partial charge in [0, 0.05) is 0 Å². The Morgan fingerprint density at radius 1 is 0.476 bits per heavy atom. The number of hydrogen-bond donors (Lipinski definition) is 0. The Balaban J connectivity index is 1.93. The van der Waals surface area contributed by atoms with Gasteiger partial charge in [0.25, 0.3) is 0 Å². The highest BCUT2D eigenvalue weighted by Gasteiger charge is 2.37. The molecule has 0 bridgehead atoms.